The van der Waals surface area contributed by atoms with Crippen molar-refractivity contribution >= 4 is 58.0 Å². The van der Waals surface area contributed by atoms with Crippen LogP contribution in [0.5, 0.6) is 5.75 Å². The third-order valence-corrected chi connectivity index (χ3v) is 3.87. The maximum absolute atomic E-state index is 12.0. The highest BCUT2D eigenvalue weighted by Gasteiger charge is 2.18. The molecule has 23 heavy (non-hydrogen) atoms. The van der Waals surface area contributed by atoms with Gasteiger partial charge in [-0.1, -0.05) is 40.9 Å². The third kappa shape index (κ3) is 4.28. The molecular weight excluding hydrogens is 363 g/mol. The molecule has 0 saturated carbocycles. The zero-order valence-corrected chi connectivity index (χ0v) is 14.1. The number of amides is 2. The molecule has 0 heterocycles. The van der Waals surface area contributed by atoms with Gasteiger partial charge in [-0.2, -0.15) is 0 Å². The summed E-state index contributed by atoms with van der Waals surface area (Å²) in [7, 11) is 1.44. The van der Waals surface area contributed by atoms with Gasteiger partial charge < -0.3 is 15.4 Å². The van der Waals surface area contributed by atoms with Crippen LogP contribution in [0.15, 0.2) is 36.4 Å². The van der Waals surface area contributed by atoms with Gasteiger partial charge in [-0.15, -0.1) is 0 Å². The summed E-state index contributed by atoms with van der Waals surface area (Å²) in [6.45, 7) is 0. The van der Waals surface area contributed by atoms with Crippen LogP contribution in [-0.2, 0) is 9.59 Å². The number of hydrogen-bond donors (Lipinski definition) is 2. The summed E-state index contributed by atoms with van der Waals surface area (Å²) in [6.07, 6.45) is 0. The molecule has 0 spiro atoms. The van der Waals surface area contributed by atoms with Crippen LogP contribution in [-0.4, -0.2) is 18.9 Å². The monoisotopic (exact) mass is 372 g/mol. The number of rotatable bonds is 3. The van der Waals surface area contributed by atoms with E-state index in [-0.39, 0.29) is 21.4 Å². The summed E-state index contributed by atoms with van der Waals surface area (Å²) < 4.78 is 5.09. The molecule has 0 radical (unpaired) electrons. The van der Waals surface area contributed by atoms with Crippen LogP contribution in [0.3, 0.4) is 0 Å². The maximum Gasteiger partial charge on any atom is 0.314 e. The fourth-order valence-corrected chi connectivity index (χ4v) is 2.26. The minimum absolute atomic E-state index is 0.149. The van der Waals surface area contributed by atoms with E-state index < -0.39 is 11.8 Å². The van der Waals surface area contributed by atoms with E-state index in [1.165, 1.54) is 19.2 Å². The number of anilines is 2. The molecular formula is C15H11Cl3N2O3. The van der Waals surface area contributed by atoms with Gasteiger partial charge in [0.15, 0.2) is 0 Å². The second kappa shape index (κ2) is 7.55. The molecule has 0 unspecified atom stereocenters. The van der Waals surface area contributed by atoms with Crippen molar-refractivity contribution in [2.24, 2.45) is 0 Å². The Kier molecular flexibility index (Phi) is 5.71. The second-order valence-electron chi connectivity index (χ2n) is 4.35. The Labute approximate surface area is 147 Å². The lowest BCUT2D eigenvalue weighted by atomic mass is 10.3. The molecule has 0 aliphatic rings. The molecule has 0 saturated heterocycles. The lowest BCUT2D eigenvalue weighted by molar-refractivity contribution is -0.133. The lowest BCUT2D eigenvalue weighted by Crippen LogP contribution is -2.29. The number of halogens is 3. The highest BCUT2D eigenvalue weighted by atomic mass is 35.5. The molecule has 0 atom stereocenters. The summed E-state index contributed by atoms with van der Waals surface area (Å²) in [6, 6.07) is 9.33. The van der Waals surface area contributed by atoms with Crippen molar-refractivity contribution in [1.29, 1.82) is 0 Å². The molecule has 0 aliphatic carbocycles. The van der Waals surface area contributed by atoms with Crippen LogP contribution in [0.2, 0.25) is 15.1 Å². The lowest BCUT2D eigenvalue weighted by Gasteiger charge is -2.11. The molecule has 0 aromatic heterocycles. The van der Waals surface area contributed by atoms with Gasteiger partial charge in [-0.3, -0.25) is 9.59 Å². The van der Waals surface area contributed by atoms with Gasteiger partial charge in [0, 0.05) is 5.02 Å². The minimum atomic E-state index is -0.906. The van der Waals surface area contributed by atoms with Crippen LogP contribution >= 0.6 is 34.8 Å². The van der Waals surface area contributed by atoms with Gasteiger partial charge in [0.2, 0.25) is 0 Å². The summed E-state index contributed by atoms with van der Waals surface area (Å²) in [4.78, 5) is 24.0. The van der Waals surface area contributed by atoms with Crippen LogP contribution in [0, 0.1) is 0 Å². The van der Waals surface area contributed by atoms with E-state index in [9.17, 15) is 9.59 Å². The summed E-state index contributed by atoms with van der Waals surface area (Å²) in [5.41, 5.74) is 0.509. The smallest absolute Gasteiger partial charge is 0.314 e. The van der Waals surface area contributed by atoms with Crippen LogP contribution in [0.1, 0.15) is 0 Å². The molecule has 5 nitrogen and oxygen atoms in total. The Bertz CT molecular complexity index is 766. The van der Waals surface area contributed by atoms with Crippen molar-refractivity contribution in [1.82, 2.24) is 0 Å². The first kappa shape index (κ1) is 17.4. The normalized spacial score (nSPS) is 10.1. The fraction of sp³-hybridized carbons (Fsp3) is 0.0667. The van der Waals surface area contributed by atoms with Gasteiger partial charge in [0.1, 0.15) is 5.75 Å². The molecule has 8 heteroatoms. The minimum Gasteiger partial charge on any atom is -0.495 e. The molecule has 2 rings (SSSR count). The Morgan fingerprint density at radius 2 is 1.61 bits per heavy atom. The van der Waals surface area contributed by atoms with E-state index in [2.05, 4.69) is 10.6 Å². The Morgan fingerprint density at radius 3 is 2.26 bits per heavy atom. The number of carbonyl (C=O) groups excluding carboxylic acids is 2. The molecule has 0 bridgehead atoms. The standard InChI is InChI=1S/C15H11Cl3N2O3/c1-23-12-6-5-8(16)7-11(12)20-15(22)14(21)19-10-4-2-3-9(17)13(10)18/h2-7H,1H3,(H,19,21)(H,20,22). The Balaban J connectivity index is 2.13. The van der Waals surface area contributed by atoms with Gasteiger partial charge >= 0.3 is 11.8 Å². The number of carbonyl (C=O) groups is 2. The van der Waals surface area contributed by atoms with E-state index in [0.717, 1.165) is 0 Å². The first-order valence-electron chi connectivity index (χ1n) is 6.32. The van der Waals surface area contributed by atoms with Crippen LogP contribution in [0.4, 0.5) is 11.4 Å². The molecule has 0 fully saturated rings. The van der Waals surface area contributed by atoms with Crippen LogP contribution < -0.4 is 15.4 Å². The van der Waals surface area contributed by atoms with E-state index in [4.69, 9.17) is 39.5 Å². The van der Waals surface area contributed by atoms with E-state index in [1.807, 2.05) is 0 Å². The zero-order chi connectivity index (χ0) is 17.0. The SMILES string of the molecule is COc1ccc(Cl)cc1NC(=O)C(=O)Nc1cccc(Cl)c1Cl. The predicted octanol–water partition coefficient (Wildman–Crippen LogP) is 4.23. The number of ether oxygens (including phenoxy) is 1. The molecule has 2 N–H and O–H groups in total. The molecule has 2 amide bonds. The van der Waals surface area contributed by atoms with E-state index >= 15 is 0 Å². The number of hydrogen-bond acceptors (Lipinski definition) is 3. The molecule has 120 valence electrons. The summed E-state index contributed by atoms with van der Waals surface area (Å²) in [5, 5.41) is 5.60. The van der Waals surface area contributed by atoms with Gasteiger partial charge in [-0.25, -0.2) is 0 Å². The highest BCUT2D eigenvalue weighted by Crippen LogP contribution is 2.30. The second-order valence-corrected chi connectivity index (χ2v) is 5.58. The molecule has 2 aromatic carbocycles. The number of methoxy groups -OCH3 is 1. The summed E-state index contributed by atoms with van der Waals surface area (Å²) in [5.74, 6) is -1.44. The van der Waals surface area contributed by atoms with Gasteiger partial charge in [0.25, 0.3) is 0 Å². The van der Waals surface area contributed by atoms with Gasteiger partial charge in [0.05, 0.1) is 28.5 Å². The van der Waals surface area contributed by atoms with Gasteiger partial charge in [-0.05, 0) is 30.3 Å². The number of benzene rings is 2. The molecule has 0 aliphatic heterocycles. The maximum atomic E-state index is 12.0. The van der Waals surface area contributed by atoms with Crippen molar-refractivity contribution in [3.8, 4) is 5.75 Å². The van der Waals surface area contributed by atoms with Crippen molar-refractivity contribution in [2.75, 3.05) is 17.7 Å². The predicted molar refractivity (Wildman–Crippen MR) is 91.7 cm³/mol. The van der Waals surface area contributed by atoms with Crippen molar-refractivity contribution in [3.05, 3.63) is 51.5 Å². The first-order chi connectivity index (χ1) is 10.9. The fourth-order valence-electron chi connectivity index (χ4n) is 1.74. The topological polar surface area (TPSA) is 67.4 Å². The van der Waals surface area contributed by atoms with Crippen molar-refractivity contribution in [2.45, 2.75) is 0 Å². The Morgan fingerprint density at radius 1 is 0.957 bits per heavy atom. The van der Waals surface area contributed by atoms with E-state index in [1.54, 1.807) is 24.3 Å². The summed E-state index contributed by atoms with van der Waals surface area (Å²) >= 11 is 17.7. The Hall–Kier alpha value is -1.95. The molecule has 2 aromatic rings. The largest absolute Gasteiger partial charge is 0.495 e. The quantitative estimate of drug-likeness (QED) is 0.791. The van der Waals surface area contributed by atoms with Crippen molar-refractivity contribution in [3.63, 3.8) is 0 Å². The number of nitrogens with one attached hydrogen (secondary N) is 2. The first-order valence-corrected chi connectivity index (χ1v) is 7.45. The average molecular weight is 374 g/mol. The third-order valence-electron chi connectivity index (χ3n) is 2.82. The average Bonchev–Trinajstić information content (AvgIpc) is 2.52. The zero-order valence-electron chi connectivity index (χ0n) is 11.8. The van der Waals surface area contributed by atoms with Crippen LogP contribution in [0.25, 0.3) is 0 Å². The highest BCUT2D eigenvalue weighted by molar-refractivity contribution is 6.47. The van der Waals surface area contributed by atoms with E-state index in [0.29, 0.717) is 10.8 Å². The van der Waals surface area contributed by atoms with Crippen molar-refractivity contribution < 1.29 is 14.3 Å².